The van der Waals surface area contributed by atoms with E-state index in [2.05, 4.69) is 10.7 Å². The molecule has 0 bridgehead atoms. The highest BCUT2D eigenvalue weighted by atomic mass is 35.7. The summed E-state index contributed by atoms with van der Waals surface area (Å²) in [6.45, 7) is 0. The summed E-state index contributed by atoms with van der Waals surface area (Å²) in [7, 11) is -3.15. The first-order valence-electron chi connectivity index (χ1n) is 4.97. The Bertz CT molecular complexity index is 666. The topological polar surface area (TPSA) is 52.6 Å². The summed E-state index contributed by atoms with van der Waals surface area (Å²) < 4.78 is 187. The maximum Gasteiger partial charge on any atom is 0.471 e. The Labute approximate surface area is 137 Å². The van der Waals surface area contributed by atoms with Gasteiger partial charge in [0.15, 0.2) is 0 Å². The molecule has 0 amide bonds. The van der Waals surface area contributed by atoms with Crippen LogP contribution >= 0.6 is 10.7 Å². The van der Waals surface area contributed by atoms with E-state index in [-0.39, 0.29) is 0 Å². The van der Waals surface area contributed by atoms with Crippen LogP contribution in [0, 0.1) is 0 Å². The van der Waals surface area contributed by atoms with E-state index in [1.165, 1.54) is 0 Å². The highest BCUT2D eigenvalue weighted by Crippen LogP contribution is 2.53. The molecule has 0 saturated carbocycles. The Hall–Kier alpha value is -1.17. The van der Waals surface area contributed by atoms with Crippen molar-refractivity contribution in [3.63, 3.8) is 0 Å². The van der Waals surface area contributed by atoms with Crippen LogP contribution in [0.15, 0.2) is 12.1 Å². The van der Waals surface area contributed by atoms with Crippen LogP contribution in [0.1, 0.15) is 0 Å². The zero-order valence-electron chi connectivity index (χ0n) is 10.8. The van der Waals surface area contributed by atoms with Crippen LogP contribution in [0.5, 0.6) is 0 Å². The summed E-state index contributed by atoms with van der Waals surface area (Å²) in [5, 5.41) is -6.94. The first-order valence-corrected chi connectivity index (χ1v) is 7.27. The Balaban J connectivity index is 6.35. The van der Waals surface area contributed by atoms with E-state index in [0.29, 0.717) is 0 Å². The lowest BCUT2D eigenvalue weighted by molar-refractivity contribution is -0.510. The third-order valence-electron chi connectivity index (χ3n) is 2.02. The van der Waals surface area contributed by atoms with Crippen molar-refractivity contribution >= 4 is 19.7 Å². The molecular weight excluding hydrogens is 463 g/mol. The third-order valence-corrected chi connectivity index (χ3v) is 3.45. The summed E-state index contributed by atoms with van der Waals surface area (Å²) in [5.41, 5.74) is 0. The van der Waals surface area contributed by atoms with E-state index < -0.39 is 50.6 Å². The summed E-state index contributed by atoms with van der Waals surface area (Å²) >= 11 is 0. The fraction of sp³-hybridized carbons (Fsp3) is 0.714. The van der Waals surface area contributed by atoms with E-state index in [1.807, 2.05) is 4.74 Å². The second kappa shape index (κ2) is 6.77. The Morgan fingerprint density at radius 3 is 1.42 bits per heavy atom. The largest absolute Gasteiger partial charge is 0.471 e. The van der Waals surface area contributed by atoms with Gasteiger partial charge < -0.3 is 4.74 Å². The summed E-state index contributed by atoms with van der Waals surface area (Å²) in [5.74, 6) is -7.46. The summed E-state index contributed by atoms with van der Waals surface area (Å²) in [6, 6.07) is -3.93. The molecule has 0 aliphatic rings. The second-order valence-electron chi connectivity index (χ2n) is 3.82. The molecule has 156 valence electrons. The summed E-state index contributed by atoms with van der Waals surface area (Å²) in [6.07, 6.45) is -25.9. The zero-order valence-corrected chi connectivity index (χ0v) is 12.4. The van der Waals surface area contributed by atoms with Gasteiger partial charge in [-0.25, -0.2) is 8.42 Å². The van der Waals surface area contributed by atoms with Crippen molar-refractivity contribution in [2.75, 3.05) is 0 Å². The molecule has 4 nitrogen and oxygen atoms in total. The number of rotatable bonds is 7. The van der Waals surface area contributed by atoms with E-state index in [0.717, 1.165) is 0 Å². The highest BCUT2D eigenvalue weighted by Gasteiger charge is 2.82. The molecular formula is C7ClF13O4S. The van der Waals surface area contributed by atoms with Gasteiger partial charge in [-0.2, -0.15) is 57.1 Å². The lowest BCUT2D eigenvalue weighted by Gasteiger charge is -2.36. The van der Waals surface area contributed by atoms with Gasteiger partial charge in [0.2, 0.25) is 0 Å². The third kappa shape index (κ3) is 4.38. The van der Waals surface area contributed by atoms with Gasteiger partial charge in [-0.3, -0.25) is 4.74 Å². The van der Waals surface area contributed by atoms with Crippen LogP contribution in [0.25, 0.3) is 0 Å². The number of hydrogen-bond acceptors (Lipinski definition) is 4. The van der Waals surface area contributed by atoms with Crippen molar-refractivity contribution in [2.24, 2.45) is 0 Å². The van der Waals surface area contributed by atoms with Crippen LogP contribution < -0.4 is 0 Å². The lowest BCUT2D eigenvalue weighted by Crippen LogP contribution is -2.63. The van der Waals surface area contributed by atoms with Crippen LogP contribution in [-0.4, -0.2) is 37.9 Å². The molecule has 0 aliphatic carbocycles. The molecule has 0 fully saturated rings. The van der Waals surface area contributed by atoms with Gasteiger partial charge in [-0.05, 0) is 0 Å². The second-order valence-corrected chi connectivity index (χ2v) is 6.43. The van der Waals surface area contributed by atoms with Crippen LogP contribution in [0.2, 0.25) is 0 Å². The van der Waals surface area contributed by atoms with Gasteiger partial charge in [0.25, 0.3) is 0 Å². The number of ether oxygens (including phenoxy) is 2. The van der Waals surface area contributed by atoms with Crippen molar-refractivity contribution < 1.29 is 75.0 Å². The first kappa shape index (κ1) is 24.8. The van der Waals surface area contributed by atoms with Crippen LogP contribution in [0.4, 0.5) is 57.1 Å². The Kier molecular flexibility index (Phi) is 6.47. The minimum atomic E-state index is -7.49. The normalized spacial score (nSPS) is 16.8. The smallest absolute Gasteiger partial charge is 0.398 e. The minimum absolute atomic E-state index is 1.58. The first-order chi connectivity index (χ1) is 11.0. The molecule has 0 saturated heterocycles. The molecule has 1 unspecified atom stereocenters. The van der Waals surface area contributed by atoms with Crippen molar-refractivity contribution in [1.82, 2.24) is 0 Å². The molecule has 1 atom stereocenters. The average molecular weight is 463 g/mol. The lowest BCUT2D eigenvalue weighted by atomic mass is 10.2. The summed E-state index contributed by atoms with van der Waals surface area (Å²) in [4.78, 5) is 0. The fourth-order valence-corrected chi connectivity index (χ4v) is 1.47. The number of halogens is 14. The van der Waals surface area contributed by atoms with E-state index >= 15 is 0 Å². The van der Waals surface area contributed by atoms with E-state index in [9.17, 15) is 65.5 Å². The predicted octanol–water partition coefficient (Wildman–Crippen LogP) is 4.63. The van der Waals surface area contributed by atoms with Crippen molar-refractivity contribution in [3.8, 4) is 0 Å². The van der Waals surface area contributed by atoms with Crippen molar-refractivity contribution in [1.29, 1.82) is 0 Å². The fourth-order valence-electron chi connectivity index (χ4n) is 0.877. The maximum absolute atomic E-state index is 13.4. The van der Waals surface area contributed by atoms with E-state index in [4.69, 9.17) is 0 Å². The maximum atomic E-state index is 13.4. The van der Waals surface area contributed by atoms with Crippen molar-refractivity contribution in [2.45, 2.75) is 29.5 Å². The molecule has 0 spiro atoms. The average Bonchev–Trinajstić information content (AvgIpc) is 2.34. The molecule has 0 radical (unpaired) electrons. The predicted molar refractivity (Wildman–Crippen MR) is 52.0 cm³/mol. The Morgan fingerprint density at radius 2 is 1.15 bits per heavy atom. The molecule has 0 N–H and O–H groups in total. The molecule has 26 heavy (non-hydrogen) atoms. The SMILES string of the molecule is O=S(=O)(Cl)C(F)(F)C(F)(F)OC(F)(C(F)(F)F)C(F)(F)OC(F)=C(F)F. The standard InChI is InChI=1S/C7ClF13O4S/c8-26(22,23)7(20,21)6(18,19)25-3(12,4(13,14)15)5(16,17)24-2(11)1(9)10. The number of alkyl halides is 10. The molecule has 0 aliphatic heterocycles. The van der Waals surface area contributed by atoms with Gasteiger partial charge in [0.1, 0.15) is 0 Å². The minimum Gasteiger partial charge on any atom is -0.398 e. The van der Waals surface area contributed by atoms with E-state index in [1.54, 1.807) is 4.74 Å². The molecule has 0 heterocycles. The van der Waals surface area contributed by atoms with Gasteiger partial charge in [0.05, 0.1) is 0 Å². The van der Waals surface area contributed by atoms with Crippen LogP contribution in [-0.2, 0) is 18.5 Å². The zero-order chi connectivity index (χ0) is 21.6. The van der Waals surface area contributed by atoms with Gasteiger partial charge in [0, 0.05) is 10.7 Å². The van der Waals surface area contributed by atoms with Crippen LogP contribution in [0.3, 0.4) is 0 Å². The molecule has 0 rings (SSSR count). The molecule has 19 heteroatoms. The molecule has 0 aromatic rings. The van der Waals surface area contributed by atoms with Gasteiger partial charge in [-0.1, -0.05) is 0 Å². The molecule has 0 aromatic carbocycles. The highest BCUT2D eigenvalue weighted by molar-refractivity contribution is 8.14. The Morgan fingerprint density at radius 1 is 0.769 bits per heavy atom. The quantitative estimate of drug-likeness (QED) is 0.315. The van der Waals surface area contributed by atoms with Crippen molar-refractivity contribution in [3.05, 3.63) is 12.1 Å². The molecule has 0 aromatic heterocycles. The number of hydrogen-bond donors (Lipinski definition) is 0. The van der Waals surface area contributed by atoms with Gasteiger partial charge >= 0.3 is 50.6 Å². The monoisotopic (exact) mass is 462 g/mol. The van der Waals surface area contributed by atoms with Gasteiger partial charge in [-0.15, -0.1) is 0 Å².